The molecule has 2 atom stereocenters. The second kappa shape index (κ2) is 9.47. The maximum atomic E-state index is 14.6. The summed E-state index contributed by atoms with van der Waals surface area (Å²) in [5.74, 6) is -2.81. The zero-order valence-corrected chi connectivity index (χ0v) is 22.4. The van der Waals surface area contributed by atoms with Gasteiger partial charge in [-0.25, -0.2) is 4.79 Å². The van der Waals surface area contributed by atoms with E-state index in [1.807, 2.05) is 24.3 Å². The lowest BCUT2D eigenvalue weighted by Gasteiger charge is -2.53. The highest BCUT2D eigenvalue weighted by atomic mass is 16.6. The number of nitrogens with zero attached hydrogens (tertiary/aromatic N) is 4. The van der Waals surface area contributed by atoms with Crippen molar-refractivity contribution in [3.8, 4) is 0 Å². The first kappa shape index (κ1) is 26.6. The Balaban J connectivity index is 1.78. The van der Waals surface area contributed by atoms with Crippen molar-refractivity contribution in [3.63, 3.8) is 0 Å². The van der Waals surface area contributed by atoms with E-state index >= 15 is 0 Å². The van der Waals surface area contributed by atoms with Gasteiger partial charge in [-0.1, -0.05) is 54.6 Å². The van der Waals surface area contributed by atoms with Gasteiger partial charge in [0.05, 0.1) is 15.9 Å². The number of nitro benzene ring substituents is 2. The largest absolute Gasteiger partial charge is 0.376 e. The molecular weight excluding hydrogens is 542 g/mol. The maximum Gasteiger partial charge on any atom is 0.332 e. The van der Waals surface area contributed by atoms with E-state index in [9.17, 15) is 34.6 Å². The van der Waals surface area contributed by atoms with E-state index < -0.39 is 45.1 Å². The van der Waals surface area contributed by atoms with Gasteiger partial charge in [0.25, 0.3) is 11.4 Å². The number of imide groups is 2. The number of amides is 4. The van der Waals surface area contributed by atoms with Crippen molar-refractivity contribution in [1.29, 1.82) is 0 Å². The van der Waals surface area contributed by atoms with E-state index in [-0.39, 0.29) is 16.9 Å². The quantitative estimate of drug-likeness (QED) is 0.206. The van der Waals surface area contributed by atoms with Crippen LogP contribution in [-0.4, -0.2) is 51.6 Å². The molecule has 1 saturated heterocycles. The number of urea groups is 1. The van der Waals surface area contributed by atoms with Crippen molar-refractivity contribution >= 4 is 45.7 Å². The molecule has 0 radical (unpaired) electrons. The molecule has 210 valence electrons. The van der Waals surface area contributed by atoms with Crippen molar-refractivity contribution in [1.82, 2.24) is 9.80 Å². The molecular formula is C30H23N5O7. The lowest BCUT2D eigenvalue weighted by molar-refractivity contribution is -0.385. The summed E-state index contributed by atoms with van der Waals surface area (Å²) in [5.41, 5.74) is -0.979. The van der Waals surface area contributed by atoms with Gasteiger partial charge in [-0.3, -0.25) is 39.6 Å². The Bertz CT molecular complexity index is 1830. The summed E-state index contributed by atoms with van der Waals surface area (Å²) in [7, 11) is 2.53. The van der Waals surface area contributed by atoms with Crippen LogP contribution in [0.5, 0.6) is 0 Å². The van der Waals surface area contributed by atoms with E-state index in [4.69, 9.17) is 0 Å². The summed E-state index contributed by atoms with van der Waals surface area (Å²) >= 11 is 0. The van der Waals surface area contributed by atoms with Crippen LogP contribution in [0.1, 0.15) is 28.7 Å². The fourth-order valence-electron chi connectivity index (χ4n) is 6.35. The topological polar surface area (TPSA) is 156 Å². The third-order valence-electron chi connectivity index (χ3n) is 8.19. The summed E-state index contributed by atoms with van der Waals surface area (Å²) in [6, 6.07) is 20.3. The Hall–Kier alpha value is -5.65. The molecule has 2 heterocycles. The Morgan fingerprint density at radius 1 is 0.738 bits per heavy atom. The summed E-state index contributed by atoms with van der Waals surface area (Å²) in [4.78, 5) is 66.3. The van der Waals surface area contributed by atoms with E-state index in [1.165, 1.54) is 50.5 Å². The molecule has 4 aromatic rings. The molecule has 2 aliphatic rings. The molecule has 0 saturated carbocycles. The number of fused-ring (bicyclic) bond motifs is 3. The third kappa shape index (κ3) is 3.65. The van der Waals surface area contributed by atoms with Crippen molar-refractivity contribution in [2.24, 2.45) is 5.41 Å². The highest BCUT2D eigenvalue weighted by Gasteiger charge is 2.67. The lowest BCUT2D eigenvalue weighted by atomic mass is 9.58. The predicted octanol–water partition coefficient (Wildman–Crippen LogP) is 4.99. The van der Waals surface area contributed by atoms with Gasteiger partial charge in [0.2, 0.25) is 11.8 Å². The first-order valence-electron chi connectivity index (χ1n) is 12.9. The number of hydrogen-bond acceptors (Lipinski definition) is 8. The normalized spacial score (nSPS) is 19.5. The second-order valence-electron chi connectivity index (χ2n) is 10.3. The molecule has 6 rings (SSSR count). The number of anilines is 1. The van der Waals surface area contributed by atoms with Crippen LogP contribution in [0.15, 0.2) is 84.9 Å². The fraction of sp³-hybridized carbons (Fsp3) is 0.167. The number of nitrogens with one attached hydrogen (secondary N) is 1. The standard InChI is InChI=1S/C30H23N5O7/c1-32-27(36)30(28(37)33(2)29(32)38)25(18-8-5-10-20(15-18)34(39)40)24-22-12-4-3-7-17(22)13-14-23(24)31-26(30)19-9-6-11-21(16-19)35(41)42/h3-16,25-26,31H,1-2H3/t25-,26-/m1/s1. The van der Waals surface area contributed by atoms with Gasteiger partial charge in [-0.15, -0.1) is 0 Å². The monoisotopic (exact) mass is 565 g/mol. The smallest absolute Gasteiger partial charge is 0.332 e. The highest BCUT2D eigenvalue weighted by Crippen LogP contribution is 2.60. The number of nitro groups is 2. The number of non-ortho nitro benzene ring substituents is 2. The lowest BCUT2D eigenvalue weighted by Crippen LogP contribution is -2.68. The molecule has 4 amide bonds. The van der Waals surface area contributed by atoms with E-state index in [2.05, 4.69) is 5.32 Å². The summed E-state index contributed by atoms with van der Waals surface area (Å²) in [5, 5.41) is 28.4. The Kier molecular flexibility index (Phi) is 5.99. The van der Waals surface area contributed by atoms with Crippen molar-refractivity contribution < 1.29 is 24.2 Å². The summed E-state index contributed by atoms with van der Waals surface area (Å²) in [6.07, 6.45) is 0. The van der Waals surface area contributed by atoms with Gasteiger partial charge in [0.15, 0.2) is 5.41 Å². The van der Waals surface area contributed by atoms with Crippen LogP contribution in [0, 0.1) is 25.6 Å². The van der Waals surface area contributed by atoms with Crippen LogP contribution in [0.3, 0.4) is 0 Å². The van der Waals surface area contributed by atoms with Gasteiger partial charge in [-0.2, -0.15) is 0 Å². The molecule has 1 spiro atoms. The zero-order chi connectivity index (χ0) is 29.9. The number of benzene rings is 4. The molecule has 42 heavy (non-hydrogen) atoms. The van der Waals surface area contributed by atoms with Crippen molar-refractivity contribution in [3.05, 3.63) is 122 Å². The van der Waals surface area contributed by atoms with E-state index in [0.717, 1.165) is 15.2 Å². The van der Waals surface area contributed by atoms with Crippen LogP contribution >= 0.6 is 0 Å². The van der Waals surface area contributed by atoms with Crippen LogP contribution in [0.4, 0.5) is 21.9 Å². The molecule has 0 aliphatic carbocycles. The third-order valence-corrected chi connectivity index (χ3v) is 8.19. The van der Waals surface area contributed by atoms with Crippen molar-refractivity contribution in [2.75, 3.05) is 19.4 Å². The summed E-state index contributed by atoms with van der Waals surface area (Å²) in [6.45, 7) is 0. The van der Waals surface area contributed by atoms with Gasteiger partial charge in [-0.05, 0) is 33.5 Å². The van der Waals surface area contributed by atoms with Crippen LogP contribution in [0.25, 0.3) is 10.8 Å². The molecule has 0 aromatic heterocycles. The van der Waals surface area contributed by atoms with Gasteiger partial charge >= 0.3 is 6.03 Å². The molecule has 1 N–H and O–H groups in total. The first-order valence-corrected chi connectivity index (χ1v) is 12.9. The zero-order valence-electron chi connectivity index (χ0n) is 22.4. The number of barbiturate groups is 1. The van der Waals surface area contributed by atoms with Crippen molar-refractivity contribution in [2.45, 2.75) is 12.0 Å². The van der Waals surface area contributed by atoms with Crippen LogP contribution in [0.2, 0.25) is 0 Å². The Morgan fingerprint density at radius 2 is 1.31 bits per heavy atom. The fourth-order valence-corrected chi connectivity index (χ4v) is 6.35. The van der Waals surface area contributed by atoms with E-state index in [1.54, 1.807) is 24.3 Å². The van der Waals surface area contributed by atoms with Gasteiger partial charge < -0.3 is 5.32 Å². The number of carbonyl (C=O) groups is 3. The average molecular weight is 566 g/mol. The molecule has 2 aliphatic heterocycles. The minimum atomic E-state index is -2.11. The molecule has 4 aromatic carbocycles. The SMILES string of the molecule is CN1C(=O)N(C)C(=O)C2(C1=O)[C@H](c1cccc([N+](=O)[O-])c1)c1c(ccc3ccccc13)N[C@@H]2c1cccc([N+](=O)[O-])c1. The maximum absolute atomic E-state index is 14.6. The minimum Gasteiger partial charge on any atom is -0.376 e. The van der Waals surface area contributed by atoms with Gasteiger partial charge in [0.1, 0.15) is 0 Å². The molecule has 0 bridgehead atoms. The minimum absolute atomic E-state index is 0.247. The summed E-state index contributed by atoms with van der Waals surface area (Å²) < 4.78 is 0. The second-order valence-corrected chi connectivity index (χ2v) is 10.3. The van der Waals surface area contributed by atoms with Crippen LogP contribution in [-0.2, 0) is 9.59 Å². The first-order chi connectivity index (χ1) is 20.1. The molecule has 12 heteroatoms. The highest BCUT2D eigenvalue weighted by molar-refractivity contribution is 6.21. The number of rotatable bonds is 4. The van der Waals surface area contributed by atoms with E-state index in [0.29, 0.717) is 22.2 Å². The van der Waals surface area contributed by atoms with Gasteiger partial charge in [0, 0.05) is 50.0 Å². The molecule has 0 unspecified atom stereocenters. The average Bonchev–Trinajstić information content (AvgIpc) is 3.01. The Morgan fingerprint density at radius 3 is 1.93 bits per heavy atom. The Labute approximate surface area is 238 Å². The molecule has 1 fully saturated rings. The van der Waals surface area contributed by atoms with Crippen LogP contribution < -0.4 is 5.32 Å². The predicted molar refractivity (Wildman–Crippen MR) is 152 cm³/mol. The number of hydrogen-bond donors (Lipinski definition) is 1. The number of carbonyl (C=O) groups excluding carboxylic acids is 3. The molecule has 12 nitrogen and oxygen atoms in total.